The topological polar surface area (TPSA) is 48.1 Å². The largest absolute Gasteiger partial charge is 0.486 e. The van der Waals surface area contributed by atoms with Crippen LogP contribution in [-0.2, 0) is 6.61 Å². The van der Waals surface area contributed by atoms with Crippen LogP contribution in [0.2, 0.25) is 0 Å². The molecule has 0 fully saturated rings. The highest BCUT2D eigenvalue weighted by Gasteiger charge is 2.09. The van der Waals surface area contributed by atoms with E-state index in [1.807, 2.05) is 49.4 Å². The lowest BCUT2D eigenvalue weighted by molar-refractivity contribution is 0.301. The molecule has 102 valence electrons. The van der Waals surface area contributed by atoms with Crippen LogP contribution >= 0.6 is 11.3 Å². The maximum atomic E-state index is 5.95. The molecule has 0 saturated carbocycles. The van der Waals surface area contributed by atoms with E-state index in [0.717, 1.165) is 21.8 Å². The molecule has 3 rings (SSSR count). The zero-order valence-electron chi connectivity index (χ0n) is 11.2. The number of fused-ring (bicyclic) bond motifs is 1. The van der Waals surface area contributed by atoms with Crippen LogP contribution in [0, 0.1) is 0 Å². The summed E-state index contributed by atoms with van der Waals surface area (Å²) in [5, 5.41) is 0.977. The van der Waals surface area contributed by atoms with Gasteiger partial charge < -0.3 is 10.5 Å². The average molecular weight is 284 g/mol. The lowest BCUT2D eigenvalue weighted by Gasteiger charge is -2.12. The quantitative estimate of drug-likeness (QED) is 0.790. The minimum Gasteiger partial charge on any atom is -0.486 e. The Morgan fingerprint density at radius 1 is 1.15 bits per heavy atom. The number of benzene rings is 2. The van der Waals surface area contributed by atoms with Gasteiger partial charge in [0.25, 0.3) is 0 Å². The van der Waals surface area contributed by atoms with E-state index in [0.29, 0.717) is 6.61 Å². The smallest absolute Gasteiger partial charge is 0.140 e. The van der Waals surface area contributed by atoms with Crippen molar-refractivity contribution in [2.75, 3.05) is 0 Å². The van der Waals surface area contributed by atoms with Gasteiger partial charge in [-0.25, -0.2) is 4.98 Å². The first-order valence-electron chi connectivity index (χ1n) is 6.56. The van der Waals surface area contributed by atoms with Gasteiger partial charge in [0.2, 0.25) is 0 Å². The summed E-state index contributed by atoms with van der Waals surface area (Å²) in [5.41, 5.74) is 8.00. The molecule has 0 aliphatic carbocycles. The Morgan fingerprint density at radius 3 is 2.70 bits per heavy atom. The van der Waals surface area contributed by atoms with E-state index in [2.05, 4.69) is 11.1 Å². The van der Waals surface area contributed by atoms with Crippen molar-refractivity contribution in [2.45, 2.75) is 19.6 Å². The first-order valence-corrected chi connectivity index (χ1v) is 7.37. The predicted octanol–water partition coefficient (Wildman–Crippen LogP) is 3.90. The van der Waals surface area contributed by atoms with Gasteiger partial charge in [0.15, 0.2) is 0 Å². The molecule has 0 aliphatic heterocycles. The molecule has 0 spiro atoms. The monoisotopic (exact) mass is 284 g/mol. The van der Waals surface area contributed by atoms with E-state index in [1.54, 1.807) is 11.3 Å². The Morgan fingerprint density at radius 2 is 1.90 bits per heavy atom. The standard InChI is InChI=1S/C16H16N2OS/c1-11(17)12-6-2-4-8-14(12)19-10-16-18-13-7-3-5-9-15(13)20-16/h2-9,11H,10,17H2,1H3. The first kappa shape index (κ1) is 13.1. The van der Waals surface area contributed by atoms with Crippen LogP contribution in [0.25, 0.3) is 10.2 Å². The number of hydrogen-bond acceptors (Lipinski definition) is 4. The van der Waals surface area contributed by atoms with Crippen LogP contribution in [0.4, 0.5) is 0 Å². The second-order valence-corrected chi connectivity index (χ2v) is 5.81. The summed E-state index contributed by atoms with van der Waals surface area (Å²) >= 11 is 1.66. The van der Waals surface area contributed by atoms with Crippen molar-refractivity contribution in [1.82, 2.24) is 4.98 Å². The Labute approximate surface area is 122 Å². The van der Waals surface area contributed by atoms with Crippen molar-refractivity contribution >= 4 is 21.6 Å². The van der Waals surface area contributed by atoms with Crippen LogP contribution in [0.15, 0.2) is 48.5 Å². The van der Waals surface area contributed by atoms with Gasteiger partial charge in [-0.3, -0.25) is 0 Å². The normalized spacial score (nSPS) is 12.5. The highest BCUT2D eigenvalue weighted by Crippen LogP contribution is 2.26. The van der Waals surface area contributed by atoms with Crippen molar-refractivity contribution in [3.63, 3.8) is 0 Å². The van der Waals surface area contributed by atoms with E-state index >= 15 is 0 Å². The lowest BCUT2D eigenvalue weighted by atomic mass is 10.1. The van der Waals surface area contributed by atoms with Crippen molar-refractivity contribution in [1.29, 1.82) is 0 Å². The number of ether oxygens (including phenoxy) is 1. The van der Waals surface area contributed by atoms with E-state index in [9.17, 15) is 0 Å². The predicted molar refractivity (Wildman–Crippen MR) is 83.0 cm³/mol. The molecule has 3 aromatic rings. The van der Waals surface area contributed by atoms with Crippen molar-refractivity contribution < 1.29 is 4.74 Å². The second kappa shape index (κ2) is 5.61. The van der Waals surface area contributed by atoms with Crippen LogP contribution in [-0.4, -0.2) is 4.98 Å². The van der Waals surface area contributed by atoms with Gasteiger partial charge in [0.1, 0.15) is 17.4 Å². The van der Waals surface area contributed by atoms with Crippen molar-refractivity contribution in [3.05, 3.63) is 59.1 Å². The van der Waals surface area contributed by atoms with Gasteiger partial charge in [-0.1, -0.05) is 30.3 Å². The van der Waals surface area contributed by atoms with E-state index < -0.39 is 0 Å². The summed E-state index contributed by atoms with van der Waals surface area (Å²) in [7, 11) is 0. The third kappa shape index (κ3) is 2.66. The fourth-order valence-corrected chi connectivity index (χ4v) is 2.99. The minimum atomic E-state index is -0.0402. The molecule has 0 bridgehead atoms. The third-order valence-corrected chi connectivity index (χ3v) is 4.11. The van der Waals surface area contributed by atoms with Gasteiger partial charge in [-0.15, -0.1) is 11.3 Å². The lowest BCUT2D eigenvalue weighted by Crippen LogP contribution is -2.07. The molecule has 2 aromatic carbocycles. The zero-order valence-corrected chi connectivity index (χ0v) is 12.1. The Hall–Kier alpha value is -1.91. The summed E-state index contributed by atoms with van der Waals surface area (Å²) in [4.78, 5) is 4.56. The highest BCUT2D eigenvalue weighted by atomic mass is 32.1. The van der Waals surface area contributed by atoms with E-state index in [-0.39, 0.29) is 6.04 Å². The van der Waals surface area contributed by atoms with Crippen LogP contribution in [0.1, 0.15) is 23.5 Å². The fraction of sp³-hybridized carbons (Fsp3) is 0.188. The number of thiazole rings is 1. The van der Waals surface area contributed by atoms with Crippen LogP contribution in [0.5, 0.6) is 5.75 Å². The molecule has 1 aromatic heterocycles. The number of hydrogen-bond donors (Lipinski definition) is 1. The van der Waals surface area contributed by atoms with Gasteiger partial charge >= 0.3 is 0 Å². The van der Waals surface area contributed by atoms with E-state index in [4.69, 9.17) is 10.5 Å². The summed E-state index contributed by atoms with van der Waals surface area (Å²) in [5.74, 6) is 0.835. The zero-order chi connectivity index (χ0) is 13.9. The molecular formula is C16H16N2OS. The number of nitrogens with two attached hydrogens (primary N) is 1. The maximum absolute atomic E-state index is 5.95. The molecule has 2 N–H and O–H groups in total. The fourth-order valence-electron chi connectivity index (χ4n) is 2.11. The Balaban J connectivity index is 1.79. The first-order chi connectivity index (χ1) is 9.74. The molecule has 0 aliphatic rings. The molecule has 20 heavy (non-hydrogen) atoms. The molecule has 1 atom stereocenters. The molecule has 0 amide bonds. The summed E-state index contributed by atoms with van der Waals surface area (Å²) < 4.78 is 7.07. The summed E-state index contributed by atoms with van der Waals surface area (Å²) in [6.07, 6.45) is 0. The second-order valence-electron chi connectivity index (χ2n) is 4.69. The summed E-state index contributed by atoms with van der Waals surface area (Å²) in [6, 6.07) is 16.0. The minimum absolute atomic E-state index is 0.0402. The maximum Gasteiger partial charge on any atom is 0.140 e. The Bertz CT molecular complexity index is 688. The molecule has 0 saturated heterocycles. The van der Waals surface area contributed by atoms with Crippen molar-refractivity contribution in [2.24, 2.45) is 5.73 Å². The van der Waals surface area contributed by atoms with Crippen LogP contribution < -0.4 is 10.5 Å². The molecule has 1 heterocycles. The molecule has 0 radical (unpaired) electrons. The molecule has 4 heteroatoms. The number of para-hydroxylation sites is 2. The molecular weight excluding hydrogens is 268 g/mol. The van der Waals surface area contributed by atoms with Gasteiger partial charge in [0, 0.05) is 11.6 Å². The number of aromatic nitrogens is 1. The number of nitrogens with zero attached hydrogens (tertiary/aromatic N) is 1. The number of rotatable bonds is 4. The third-order valence-electron chi connectivity index (χ3n) is 3.10. The molecule has 1 unspecified atom stereocenters. The van der Waals surface area contributed by atoms with Crippen LogP contribution in [0.3, 0.4) is 0 Å². The van der Waals surface area contributed by atoms with Gasteiger partial charge in [0.05, 0.1) is 10.2 Å². The average Bonchev–Trinajstić information content (AvgIpc) is 2.88. The van der Waals surface area contributed by atoms with Crippen molar-refractivity contribution in [3.8, 4) is 5.75 Å². The molecule has 3 nitrogen and oxygen atoms in total. The SMILES string of the molecule is CC(N)c1ccccc1OCc1nc2ccccc2s1. The van der Waals surface area contributed by atoms with Gasteiger partial charge in [-0.05, 0) is 25.1 Å². The summed E-state index contributed by atoms with van der Waals surface area (Å²) in [6.45, 7) is 2.43. The highest BCUT2D eigenvalue weighted by molar-refractivity contribution is 7.18. The van der Waals surface area contributed by atoms with E-state index in [1.165, 1.54) is 4.70 Å². The van der Waals surface area contributed by atoms with Gasteiger partial charge in [-0.2, -0.15) is 0 Å². The Kier molecular flexibility index (Phi) is 3.67.